The van der Waals surface area contributed by atoms with Gasteiger partial charge in [-0.2, -0.15) is 4.31 Å². The van der Waals surface area contributed by atoms with Crippen molar-refractivity contribution in [1.29, 1.82) is 0 Å². The number of hydrogen-bond acceptors (Lipinski definition) is 5. The first-order valence-electron chi connectivity index (χ1n) is 8.84. The van der Waals surface area contributed by atoms with E-state index < -0.39 is 10.0 Å². The topological polar surface area (TPSA) is 101 Å². The molecule has 4 rings (SSSR count). The lowest BCUT2D eigenvalue weighted by molar-refractivity contribution is -0.114. The number of aromatic nitrogens is 2. The second kappa shape index (κ2) is 7.25. The van der Waals surface area contributed by atoms with E-state index in [1.807, 2.05) is 0 Å². The summed E-state index contributed by atoms with van der Waals surface area (Å²) in [6, 6.07) is 9.37. The summed E-state index contributed by atoms with van der Waals surface area (Å²) >= 11 is 6.13. The second-order valence-corrected chi connectivity index (χ2v) is 9.03. The van der Waals surface area contributed by atoms with E-state index in [0.29, 0.717) is 29.0 Å². The summed E-state index contributed by atoms with van der Waals surface area (Å²) in [5, 5.41) is 2.65. The number of hydrogen-bond donors (Lipinski definition) is 1. The van der Waals surface area contributed by atoms with Crippen LogP contribution in [0.4, 0.5) is 5.69 Å². The summed E-state index contributed by atoms with van der Waals surface area (Å²) in [5.74, 6) is -0.310. The van der Waals surface area contributed by atoms with Crippen LogP contribution in [0.3, 0.4) is 0 Å². The summed E-state index contributed by atoms with van der Waals surface area (Å²) in [6.45, 7) is 1.48. The monoisotopic (exact) mass is 432 g/mol. The molecule has 0 unspecified atom stereocenters. The molecular formula is C19H17ClN4O4S. The molecule has 1 N–H and O–H groups in total. The number of anilines is 1. The highest BCUT2D eigenvalue weighted by Gasteiger charge is 2.31. The Kier molecular flexibility index (Phi) is 4.89. The molecule has 0 aliphatic carbocycles. The smallest absolute Gasteiger partial charge is 0.262 e. The maximum Gasteiger partial charge on any atom is 0.262 e. The Morgan fingerprint density at radius 1 is 1.24 bits per heavy atom. The predicted molar refractivity (Wildman–Crippen MR) is 109 cm³/mol. The highest BCUT2D eigenvalue weighted by molar-refractivity contribution is 7.89. The molecule has 1 amide bonds. The van der Waals surface area contributed by atoms with Crippen molar-refractivity contribution in [2.45, 2.75) is 24.8 Å². The molecule has 0 bridgehead atoms. The maximum absolute atomic E-state index is 13.1. The van der Waals surface area contributed by atoms with E-state index in [0.717, 1.165) is 0 Å². The second-order valence-electron chi connectivity index (χ2n) is 6.68. The first kappa shape index (κ1) is 19.6. The third-order valence-electron chi connectivity index (χ3n) is 4.73. The van der Waals surface area contributed by atoms with Crippen LogP contribution in [-0.2, 0) is 27.8 Å². The van der Waals surface area contributed by atoms with Crippen LogP contribution in [0.1, 0.15) is 18.2 Å². The van der Waals surface area contributed by atoms with E-state index in [1.54, 1.807) is 24.4 Å². The van der Waals surface area contributed by atoms with Gasteiger partial charge in [-0.3, -0.25) is 14.0 Å². The average molecular weight is 433 g/mol. The summed E-state index contributed by atoms with van der Waals surface area (Å²) in [5.41, 5.74) is 1.57. The van der Waals surface area contributed by atoms with Crippen molar-refractivity contribution >= 4 is 38.9 Å². The van der Waals surface area contributed by atoms with Gasteiger partial charge in [0.25, 0.3) is 5.56 Å². The Bertz CT molecular complexity index is 1300. The molecule has 1 aromatic carbocycles. The molecule has 0 saturated heterocycles. The van der Waals surface area contributed by atoms with Crippen molar-refractivity contribution in [1.82, 2.24) is 13.7 Å². The Hall–Kier alpha value is -2.75. The molecule has 1 aliphatic rings. The van der Waals surface area contributed by atoms with Crippen LogP contribution in [0.15, 0.2) is 52.3 Å². The first-order chi connectivity index (χ1) is 13.8. The summed E-state index contributed by atoms with van der Waals surface area (Å²) in [6.07, 6.45) is 1.95. The van der Waals surface area contributed by atoms with E-state index in [2.05, 4.69) is 10.3 Å². The van der Waals surface area contributed by atoms with Gasteiger partial charge in [0.2, 0.25) is 15.9 Å². The van der Waals surface area contributed by atoms with Gasteiger partial charge in [-0.25, -0.2) is 13.4 Å². The lowest BCUT2D eigenvalue weighted by Gasteiger charge is -2.27. The van der Waals surface area contributed by atoms with Crippen LogP contribution in [0.2, 0.25) is 5.02 Å². The number of nitrogens with zero attached hydrogens (tertiary/aromatic N) is 3. The number of amides is 1. The molecule has 3 heterocycles. The molecule has 2 aromatic heterocycles. The first-order valence-corrected chi connectivity index (χ1v) is 10.7. The Labute approximate surface area is 171 Å². The zero-order chi connectivity index (χ0) is 20.8. The van der Waals surface area contributed by atoms with Crippen LogP contribution < -0.4 is 10.9 Å². The van der Waals surface area contributed by atoms with Crippen molar-refractivity contribution in [3.8, 4) is 0 Å². The van der Waals surface area contributed by atoms with Crippen LogP contribution in [0.25, 0.3) is 5.65 Å². The van der Waals surface area contributed by atoms with Gasteiger partial charge in [-0.15, -0.1) is 0 Å². The van der Waals surface area contributed by atoms with Gasteiger partial charge in [0.15, 0.2) is 0 Å². The molecule has 0 spiro atoms. The largest absolute Gasteiger partial charge is 0.325 e. The molecule has 29 heavy (non-hydrogen) atoms. The molecular weight excluding hydrogens is 416 g/mol. The molecule has 0 saturated carbocycles. The van der Waals surface area contributed by atoms with E-state index in [4.69, 9.17) is 11.6 Å². The van der Waals surface area contributed by atoms with Gasteiger partial charge in [-0.1, -0.05) is 17.7 Å². The lowest BCUT2D eigenvalue weighted by atomic mass is 10.1. The van der Waals surface area contributed by atoms with Crippen LogP contribution in [0.5, 0.6) is 0 Å². The maximum atomic E-state index is 13.1. The van der Waals surface area contributed by atoms with Gasteiger partial charge >= 0.3 is 0 Å². The van der Waals surface area contributed by atoms with E-state index in [-0.39, 0.29) is 34.5 Å². The number of benzene rings is 1. The van der Waals surface area contributed by atoms with E-state index in [1.165, 1.54) is 33.8 Å². The quantitative estimate of drug-likeness (QED) is 0.682. The fourth-order valence-electron chi connectivity index (χ4n) is 3.32. The summed E-state index contributed by atoms with van der Waals surface area (Å²) < 4.78 is 28.9. The standard InChI is InChI=1S/C19H17ClN4O4S/c1-12(25)21-17-6-5-13(10-15(17)20)29(27,28)23-9-7-16-14(11-23)19(26)24-8-3-2-4-18(24)22-16/h2-6,8,10H,7,9,11H2,1H3,(H,21,25). The number of fused-ring (bicyclic) bond motifs is 2. The van der Waals surface area contributed by atoms with Gasteiger partial charge < -0.3 is 5.32 Å². The third kappa shape index (κ3) is 3.52. The Morgan fingerprint density at radius 2 is 2.03 bits per heavy atom. The number of carbonyl (C=O) groups excluding carboxylic acids is 1. The summed E-state index contributed by atoms with van der Waals surface area (Å²) in [7, 11) is -3.88. The molecule has 8 nitrogen and oxygen atoms in total. The van der Waals surface area contributed by atoms with Gasteiger partial charge in [-0.05, 0) is 30.3 Å². The zero-order valence-corrected chi connectivity index (χ0v) is 17.0. The summed E-state index contributed by atoms with van der Waals surface area (Å²) in [4.78, 5) is 28.5. The highest BCUT2D eigenvalue weighted by atomic mass is 35.5. The minimum atomic E-state index is -3.88. The minimum Gasteiger partial charge on any atom is -0.325 e. The Balaban J connectivity index is 1.70. The zero-order valence-electron chi connectivity index (χ0n) is 15.4. The highest BCUT2D eigenvalue weighted by Crippen LogP contribution is 2.29. The lowest BCUT2D eigenvalue weighted by Crippen LogP contribution is -2.40. The number of rotatable bonds is 3. The predicted octanol–water partition coefficient (Wildman–Crippen LogP) is 2.05. The SMILES string of the molecule is CC(=O)Nc1ccc(S(=O)(=O)N2CCc3nc4ccccn4c(=O)c3C2)cc1Cl. The van der Waals surface area contributed by atoms with Crippen molar-refractivity contribution < 1.29 is 13.2 Å². The number of pyridine rings is 1. The normalized spacial score (nSPS) is 14.6. The fraction of sp³-hybridized carbons (Fsp3) is 0.211. The van der Waals surface area contributed by atoms with E-state index >= 15 is 0 Å². The van der Waals surface area contributed by atoms with Gasteiger partial charge in [0, 0.05) is 32.6 Å². The molecule has 0 atom stereocenters. The van der Waals surface area contributed by atoms with E-state index in [9.17, 15) is 18.0 Å². The molecule has 0 fully saturated rings. The third-order valence-corrected chi connectivity index (χ3v) is 6.89. The van der Waals surface area contributed by atoms with Crippen LogP contribution in [0, 0.1) is 0 Å². The van der Waals surface area contributed by atoms with Crippen molar-refractivity contribution in [3.63, 3.8) is 0 Å². The Morgan fingerprint density at radius 3 is 2.76 bits per heavy atom. The molecule has 10 heteroatoms. The van der Waals surface area contributed by atoms with Crippen molar-refractivity contribution in [3.05, 3.63) is 69.2 Å². The fourth-order valence-corrected chi connectivity index (χ4v) is 5.05. The molecule has 1 aliphatic heterocycles. The van der Waals surface area contributed by atoms with Gasteiger partial charge in [0.1, 0.15) is 5.65 Å². The van der Waals surface area contributed by atoms with Crippen LogP contribution >= 0.6 is 11.6 Å². The minimum absolute atomic E-state index is 0.00565. The molecule has 150 valence electrons. The molecule has 0 radical (unpaired) electrons. The number of nitrogens with one attached hydrogen (secondary N) is 1. The number of sulfonamides is 1. The van der Waals surface area contributed by atoms with Crippen molar-refractivity contribution in [2.75, 3.05) is 11.9 Å². The van der Waals surface area contributed by atoms with Crippen molar-refractivity contribution in [2.24, 2.45) is 0 Å². The number of halogens is 1. The molecule has 3 aromatic rings. The van der Waals surface area contributed by atoms with Crippen LogP contribution in [-0.4, -0.2) is 34.6 Å². The van der Waals surface area contributed by atoms with Gasteiger partial charge in [0.05, 0.1) is 26.9 Å². The number of carbonyl (C=O) groups is 1. The average Bonchev–Trinajstić information content (AvgIpc) is 2.69.